The van der Waals surface area contributed by atoms with Crippen LogP contribution in [0.3, 0.4) is 0 Å². The van der Waals surface area contributed by atoms with Crippen LogP contribution >= 0.6 is 0 Å². The van der Waals surface area contributed by atoms with Gasteiger partial charge in [-0.1, -0.05) is 13.8 Å². The molecule has 0 bridgehead atoms. The molecule has 0 aromatic heterocycles. The van der Waals surface area contributed by atoms with Gasteiger partial charge in [0.25, 0.3) is 5.91 Å². The number of nitrogens with zero attached hydrogens (tertiary/aromatic N) is 1. The lowest BCUT2D eigenvalue weighted by Crippen LogP contribution is -2.57. The largest absolute Gasteiger partial charge is 0.510 e. The number of carbonyl (C=O) groups excluding carboxylic acids is 3. The minimum Gasteiger partial charge on any atom is -0.510 e. The highest BCUT2D eigenvalue weighted by Gasteiger charge is 2.57. The van der Waals surface area contributed by atoms with Crippen molar-refractivity contribution in [2.24, 2.45) is 23.5 Å². The zero-order valence-electron chi connectivity index (χ0n) is 23.6. The lowest BCUT2D eigenvalue weighted by atomic mass is 9.59. The number of amides is 1. The summed E-state index contributed by atoms with van der Waals surface area (Å²) in [5.74, 6) is -8.13. The van der Waals surface area contributed by atoms with Crippen molar-refractivity contribution in [3.8, 4) is 5.75 Å². The number of alkyl halides is 3. The van der Waals surface area contributed by atoms with E-state index in [0.717, 1.165) is 6.07 Å². The SMILES string of the molecule is CCCN(CCC)[C@@H]1C(O)=C(C(N)=O)C(=O)C2C(=O)C3=C(O)c4c(O)cc(C5CCCN5)c(C(F)(F)F)c4CC3CC21. The predicted octanol–water partition coefficient (Wildman–Crippen LogP) is 3.85. The summed E-state index contributed by atoms with van der Waals surface area (Å²) < 4.78 is 44.0. The van der Waals surface area contributed by atoms with Crippen LogP contribution in [0.5, 0.6) is 5.75 Å². The predicted molar refractivity (Wildman–Crippen MR) is 146 cm³/mol. The molecule has 3 aliphatic carbocycles. The first kappa shape index (κ1) is 30.1. The van der Waals surface area contributed by atoms with Crippen molar-refractivity contribution in [3.05, 3.63) is 45.2 Å². The summed E-state index contributed by atoms with van der Waals surface area (Å²) in [5.41, 5.74) is 2.76. The number of allylic oxidation sites excluding steroid dienone is 1. The Kier molecular flexibility index (Phi) is 7.90. The van der Waals surface area contributed by atoms with Gasteiger partial charge in [0.2, 0.25) is 0 Å². The first-order valence-electron chi connectivity index (χ1n) is 14.5. The summed E-state index contributed by atoms with van der Waals surface area (Å²) in [6, 6.07) is -0.568. The van der Waals surface area contributed by atoms with Crippen LogP contribution in [-0.4, -0.2) is 63.4 Å². The Morgan fingerprint density at radius 1 is 1.12 bits per heavy atom. The number of carbonyl (C=O) groups is 3. The number of hydrogen-bond acceptors (Lipinski definition) is 8. The zero-order valence-corrected chi connectivity index (χ0v) is 23.6. The Hall–Kier alpha value is -3.38. The summed E-state index contributed by atoms with van der Waals surface area (Å²) in [5, 5.41) is 36.5. The van der Waals surface area contributed by atoms with Crippen LogP contribution in [-0.2, 0) is 27.0 Å². The molecule has 1 aromatic rings. The maximum atomic E-state index is 14.7. The molecule has 4 unspecified atom stereocenters. The highest BCUT2D eigenvalue weighted by atomic mass is 19.4. The lowest BCUT2D eigenvalue weighted by molar-refractivity contribution is -0.139. The molecule has 42 heavy (non-hydrogen) atoms. The molecule has 1 saturated heterocycles. The van der Waals surface area contributed by atoms with E-state index in [1.54, 1.807) is 0 Å². The minimum atomic E-state index is -4.81. The molecule has 12 heteroatoms. The van der Waals surface area contributed by atoms with Crippen LogP contribution in [0.1, 0.15) is 74.2 Å². The van der Waals surface area contributed by atoms with Gasteiger partial charge in [-0.05, 0) is 87.2 Å². The number of phenols is 1. The van der Waals surface area contributed by atoms with Crippen LogP contribution in [0, 0.1) is 17.8 Å². The molecule has 1 amide bonds. The number of nitrogens with two attached hydrogens (primary N) is 1. The second-order valence-corrected chi connectivity index (χ2v) is 11.7. The van der Waals surface area contributed by atoms with E-state index in [0.29, 0.717) is 45.3 Å². The van der Waals surface area contributed by atoms with Crippen molar-refractivity contribution in [3.63, 3.8) is 0 Å². The smallest absolute Gasteiger partial charge is 0.417 e. The third-order valence-electron chi connectivity index (χ3n) is 9.18. The molecule has 0 spiro atoms. The van der Waals surface area contributed by atoms with E-state index >= 15 is 0 Å². The molecule has 5 atom stereocenters. The van der Waals surface area contributed by atoms with Gasteiger partial charge in [-0.2, -0.15) is 13.2 Å². The van der Waals surface area contributed by atoms with Gasteiger partial charge < -0.3 is 26.4 Å². The molecule has 1 aliphatic heterocycles. The Morgan fingerprint density at radius 3 is 2.33 bits per heavy atom. The van der Waals surface area contributed by atoms with Crippen molar-refractivity contribution >= 4 is 23.2 Å². The fourth-order valence-electron chi connectivity index (χ4n) is 7.71. The maximum Gasteiger partial charge on any atom is 0.417 e. The van der Waals surface area contributed by atoms with Gasteiger partial charge in [0, 0.05) is 11.6 Å². The third-order valence-corrected chi connectivity index (χ3v) is 9.18. The molecule has 1 aromatic carbocycles. The van der Waals surface area contributed by atoms with Crippen LogP contribution in [0.15, 0.2) is 23.0 Å². The quantitative estimate of drug-likeness (QED) is 0.237. The molecule has 228 valence electrons. The molecule has 4 aliphatic rings. The second-order valence-electron chi connectivity index (χ2n) is 11.7. The highest BCUT2D eigenvalue weighted by Crippen LogP contribution is 2.53. The molecule has 5 rings (SSSR count). The number of primary amides is 1. The van der Waals surface area contributed by atoms with Crippen LogP contribution in [0.4, 0.5) is 13.2 Å². The van der Waals surface area contributed by atoms with E-state index in [1.807, 2.05) is 18.7 Å². The van der Waals surface area contributed by atoms with Crippen molar-refractivity contribution in [1.82, 2.24) is 10.2 Å². The van der Waals surface area contributed by atoms with Crippen molar-refractivity contribution in [1.29, 1.82) is 0 Å². The number of phenolic OH excluding ortho intramolecular Hbond substituents is 1. The Balaban J connectivity index is 1.69. The van der Waals surface area contributed by atoms with Gasteiger partial charge in [-0.3, -0.25) is 19.3 Å². The van der Waals surface area contributed by atoms with Crippen LogP contribution < -0.4 is 11.1 Å². The number of hydrogen-bond donors (Lipinski definition) is 5. The molecule has 9 nitrogen and oxygen atoms in total. The number of fused-ring (bicyclic) bond motifs is 3. The molecule has 2 fully saturated rings. The fourth-order valence-corrected chi connectivity index (χ4v) is 7.71. The van der Waals surface area contributed by atoms with Crippen LogP contribution in [0.25, 0.3) is 5.76 Å². The highest BCUT2D eigenvalue weighted by molar-refractivity contribution is 6.28. The van der Waals surface area contributed by atoms with Gasteiger partial charge in [0.1, 0.15) is 22.8 Å². The summed E-state index contributed by atoms with van der Waals surface area (Å²) in [6.07, 6.45) is -2.69. The van der Waals surface area contributed by atoms with Gasteiger partial charge in [-0.15, -0.1) is 0 Å². The summed E-state index contributed by atoms with van der Waals surface area (Å²) in [7, 11) is 0. The number of ketones is 2. The van der Waals surface area contributed by atoms with Gasteiger partial charge in [-0.25, -0.2) is 0 Å². The fraction of sp³-hybridized carbons (Fsp3) is 0.567. The standard InChI is InChI=1S/C30H36F3N3O6/c1-3-8-36(9-4-2)24-16-11-13-10-15-20(18(37)12-14(17-6-5-7-35-17)23(15)30(31,32)33)25(38)19(13)26(39)21(16)27(40)22(28(24)41)29(34)42/h12-13,16-17,21,24,35,37-38,41H,3-11H2,1-2H3,(H2,34,42)/t13?,16?,17?,21?,24-/m0/s1. The lowest BCUT2D eigenvalue weighted by Gasteiger charge is -2.47. The number of halogens is 3. The van der Waals surface area contributed by atoms with Crippen molar-refractivity contribution in [2.75, 3.05) is 19.6 Å². The summed E-state index contributed by atoms with van der Waals surface area (Å²) in [4.78, 5) is 41.7. The number of aliphatic hydroxyl groups is 2. The summed E-state index contributed by atoms with van der Waals surface area (Å²) in [6.45, 7) is 5.28. The number of aromatic hydroxyl groups is 1. The first-order valence-corrected chi connectivity index (χ1v) is 14.5. The number of benzene rings is 1. The molecule has 1 heterocycles. The van der Waals surface area contributed by atoms with Crippen molar-refractivity contribution < 1.29 is 42.9 Å². The molecular weight excluding hydrogens is 555 g/mol. The zero-order chi connectivity index (χ0) is 30.7. The number of Topliss-reactive ketones (excluding diaryl/α,β-unsaturated/α-hetero) is 2. The molecule has 1 saturated carbocycles. The molecule has 6 N–H and O–H groups in total. The average molecular weight is 592 g/mol. The van der Waals surface area contributed by atoms with E-state index in [1.165, 1.54) is 0 Å². The third kappa shape index (κ3) is 4.68. The average Bonchev–Trinajstić information content (AvgIpc) is 3.42. The monoisotopic (exact) mass is 591 g/mol. The van der Waals surface area contributed by atoms with Gasteiger partial charge in [0.05, 0.1) is 23.1 Å². The number of aliphatic hydroxyl groups excluding tert-OH is 2. The normalized spacial score (nSPS) is 27.8. The second kappa shape index (κ2) is 11.0. The molecular formula is C30H36F3N3O6. The first-order chi connectivity index (χ1) is 19.8. The van der Waals surface area contributed by atoms with E-state index in [9.17, 15) is 42.9 Å². The van der Waals surface area contributed by atoms with E-state index in [2.05, 4.69) is 5.32 Å². The summed E-state index contributed by atoms with van der Waals surface area (Å²) >= 11 is 0. The number of rotatable bonds is 7. The Labute approximate surface area is 241 Å². The Bertz CT molecular complexity index is 1390. The van der Waals surface area contributed by atoms with E-state index < -0.39 is 87.5 Å². The van der Waals surface area contributed by atoms with E-state index in [-0.39, 0.29) is 29.5 Å². The van der Waals surface area contributed by atoms with E-state index in [4.69, 9.17) is 5.73 Å². The molecule has 0 radical (unpaired) electrons. The maximum absolute atomic E-state index is 14.7. The van der Waals surface area contributed by atoms with Gasteiger partial charge >= 0.3 is 6.18 Å². The topological polar surface area (TPSA) is 153 Å². The Morgan fingerprint density at radius 2 is 1.79 bits per heavy atom. The number of nitrogens with one attached hydrogen (secondary N) is 1. The van der Waals surface area contributed by atoms with Crippen LogP contribution in [0.2, 0.25) is 0 Å². The van der Waals surface area contributed by atoms with Gasteiger partial charge in [0.15, 0.2) is 11.6 Å². The minimum absolute atomic E-state index is 0.00432. The van der Waals surface area contributed by atoms with Crippen molar-refractivity contribution in [2.45, 2.75) is 70.6 Å².